The Morgan fingerprint density at radius 1 is 1.17 bits per heavy atom. The highest BCUT2D eigenvalue weighted by molar-refractivity contribution is 8.26. The molecule has 12 nitrogen and oxygen atoms in total. The highest BCUT2D eigenvalue weighted by atomic mass is 32.2. The van der Waals surface area contributed by atoms with Gasteiger partial charge in [-0.15, -0.1) is 0 Å². The summed E-state index contributed by atoms with van der Waals surface area (Å²) in [5.74, 6) is -0.591. The Bertz CT molecular complexity index is 1500. The molecule has 182 valence electrons. The number of rotatable bonds is 6. The predicted molar refractivity (Wildman–Crippen MR) is 135 cm³/mol. The maximum Gasteiger partial charge on any atom is 0.301 e. The smallest absolute Gasteiger partial charge is 0.301 e. The van der Waals surface area contributed by atoms with Crippen molar-refractivity contribution in [1.82, 2.24) is 14.7 Å². The first-order chi connectivity index (χ1) is 17.1. The van der Waals surface area contributed by atoms with E-state index in [1.54, 1.807) is 24.3 Å². The maximum absolute atomic E-state index is 12.8. The lowest BCUT2D eigenvalue weighted by Gasteiger charge is -2.07. The van der Waals surface area contributed by atoms with Crippen LogP contribution in [0.2, 0.25) is 0 Å². The van der Waals surface area contributed by atoms with Crippen LogP contribution in [0.4, 0.5) is 11.4 Å². The van der Waals surface area contributed by atoms with Gasteiger partial charge in [-0.3, -0.25) is 29.8 Å². The fourth-order valence-electron chi connectivity index (χ4n) is 3.46. The van der Waals surface area contributed by atoms with Gasteiger partial charge in [-0.1, -0.05) is 36.1 Å². The molecule has 2 heterocycles. The van der Waals surface area contributed by atoms with Crippen LogP contribution >= 0.6 is 24.0 Å². The topological polar surface area (TPSA) is 151 Å². The van der Waals surface area contributed by atoms with Crippen LogP contribution in [0.1, 0.15) is 12.5 Å². The van der Waals surface area contributed by atoms with Crippen LogP contribution in [0.15, 0.2) is 53.6 Å². The number of thiocarbonyl (C=S) groups is 1. The number of benzene rings is 2. The number of nitro groups is 2. The van der Waals surface area contributed by atoms with Gasteiger partial charge in [0, 0.05) is 30.3 Å². The molecule has 1 saturated heterocycles. The number of nitrogens with zero attached hydrogens (tertiary/aromatic N) is 5. The third-order valence-electron chi connectivity index (χ3n) is 5.09. The molecule has 0 bridgehead atoms. The van der Waals surface area contributed by atoms with Crippen molar-refractivity contribution in [3.63, 3.8) is 0 Å². The second-order valence-corrected chi connectivity index (χ2v) is 9.01. The molecule has 4 rings (SSSR count). The minimum absolute atomic E-state index is 0.0225. The summed E-state index contributed by atoms with van der Waals surface area (Å²) in [5, 5.41) is 27.3. The zero-order valence-corrected chi connectivity index (χ0v) is 20.2. The average Bonchev–Trinajstić information content (AvgIpc) is 3.38. The van der Waals surface area contributed by atoms with Gasteiger partial charge in [0.1, 0.15) is 17.1 Å². The van der Waals surface area contributed by atoms with Crippen LogP contribution in [0.5, 0.6) is 5.75 Å². The van der Waals surface area contributed by atoms with E-state index in [9.17, 15) is 29.8 Å². The van der Waals surface area contributed by atoms with E-state index < -0.39 is 33.0 Å². The molecule has 0 radical (unpaired) electrons. The third kappa shape index (κ3) is 4.58. The van der Waals surface area contributed by atoms with Crippen molar-refractivity contribution in [1.29, 1.82) is 0 Å². The van der Waals surface area contributed by atoms with Crippen molar-refractivity contribution >= 4 is 57.6 Å². The van der Waals surface area contributed by atoms with Crippen LogP contribution in [-0.4, -0.2) is 47.8 Å². The Balaban J connectivity index is 1.91. The van der Waals surface area contributed by atoms with Gasteiger partial charge in [0.2, 0.25) is 5.91 Å². The zero-order chi connectivity index (χ0) is 26.1. The molecule has 1 aromatic heterocycles. The number of ether oxygens (including phenoxy) is 1. The number of carbonyl (C=O) groups is 2. The molecule has 0 atom stereocenters. The lowest BCUT2D eigenvalue weighted by atomic mass is 10.1. The minimum atomic E-state index is -0.743. The van der Waals surface area contributed by atoms with Crippen LogP contribution in [0.3, 0.4) is 0 Å². The number of amides is 2. The van der Waals surface area contributed by atoms with E-state index in [-0.39, 0.29) is 14.9 Å². The summed E-state index contributed by atoms with van der Waals surface area (Å²) in [4.78, 5) is 47.0. The average molecular weight is 526 g/mol. The fraction of sp³-hybridized carbons (Fsp3) is 0.0909. The monoisotopic (exact) mass is 525 g/mol. The molecule has 36 heavy (non-hydrogen) atoms. The lowest BCUT2D eigenvalue weighted by molar-refractivity contribution is -0.394. The van der Waals surface area contributed by atoms with E-state index in [2.05, 4.69) is 5.10 Å². The van der Waals surface area contributed by atoms with E-state index >= 15 is 0 Å². The SMILES string of the molecule is COc1cccc(-c2nn(-c3ccc([N+](=O)[O-])cc3[N+](=O)[O-])cc2/C=C2\SC(=S)N(C(C)=O)C2=O)c1. The Morgan fingerprint density at radius 2 is 1.92 bits per heavy atom. The van der Waals surface area contributed by atoms with E-state index in [0.717, 1.165) is 28.8 Å². The molecule has 0 unspecified atom stereocenters. The van der Waals surface area contributed by atoms with Gasteiger partial charge < -0.3 is 4.74 Å². The van der Waals surface area contributed by atoms with Gasteiger partial charge in [0.25, 0.3) is 11.6 Å². The number of carbonyl (C=O) groups excluding carboxylic acids is 2. The quantitative estimate of drug-likeness (QED) is 0.199. The van der Waals surface area contributed by atoms with Crippen LogP contribution in [0, 0.1) is 20.2 Å². The van der Waals surface area contributed by atoms with Crippen molar-refractivity contribution in [3.05, 3.63) is 79.4 Å². The van der Waals surface area contributed by atoms with Gasteiger partial charge in [0.15, 0.2) is 4.32 Å². The molecular formula is C22H15N5O7S2. The van der Waals surface area contributed by atoms with Gasteiger partial charge in [-0.25, -0.2) is 9.58 Å². The first-order valence-electron chi connectivity index (χ1n) is 10.1. The standard InChI is InChI=1S/C22H15N5O7S2/c1-12(28)25-21(29)19(36-22(25)35)9-14-11-24(23-20(14)13-4-3-5-16(8-13)34-2)17-7-6-15(26(30)31)10-18(17)27(32)33/h3-11H,1-2H3/b19-9-. The highest BCUT2D eigenvalue weighted by Crippen LogP contribution is 2.36. The summed E-state index contributed by atoms with van der Waals surface area (Å²) in [6.45, 7) is 1.22. The molecule has 0 aliphatic carbocycles. The van der Waals surface area contributed by atoms with Crippen molar-refractivity contribution in [3.8, 4) is 22.7 Å². The maximum atomic E-state index is 12.8. The second kappa shape index (κ2) is 9.67. The Hall–Kier alpha value is -4.43. The molecule has 1 fully saturated rings. The minimum Gasteiger partial charge on any atom is -0.497 e. The Labute approximate surface area is 212 Å². The molecule has 0 spiro atoms. The Morgan fingerprint density at radius 3 is 2.53 bits per heavy atom. The fourth-order valence-corrected chi connectivity index (χ4v) is 4.79. The summed E-state index contributed by atoms with van der Waals surface area (Å²) in [6.07, 6.45) is 2.93. The van der Waals surface area contributed by atoms with Crippen molar-refractivity contribution in [2.75, 3.05) is 7.11 Å². The van der Waals surface area contributed by atoms with Crippen LogP contribution in [0.25, 0.3) is 23.0 Å². The van der Waals surface area contributed by atoms with Crippen molar-refractivity contribution in [2.45, 2.75) is 6.92 Å². The van der Waals surface area contributed by atoms with Crippen molar-refractivity contribution < 1.29 is 24.2 Å². The second-order valence-electron chi connectivity index (χ2n) is 7.33. The van der Waals surface area contributed by atoms with E-state index in [4.69, 9.17) is 17.0 Å². The molecule has 14 heteroatoms. The zero-order valence-electron chi connectivity index (χ0n) is 18.6. The summed E-state index contributed by atoms with van der Waals surface area (Å²) in [6, 6.07) is 10.1. The molecule has 2 amide bonds. The summed E-state index contributed by atoms with van der Waals surface area (Å²) < 4.78 is 6.56. The number of thioether (sulfide) groups is 1. The van der Waals surface area contributed by atoms with Gasteiger partial charge in [-0.2, -0.15) is 5.10 Å². The number of non-ortho nitro benzene ring substituents is 1. The highest BCUT2D eigenvalue weighted by Gasteiger charge is 2.35. The summed E-state index contributed by atoms with van der Waals surface area (Å²) in [7, 11) is 1.49. The molecule has 1 aliphatic rings. The number of imide groups is 1. The number of methoxy groups -OCH3 is 1. The molecule has 0 saturated carbocycles. The number of hydrogen-bond acceptors (Lipinski definition) is 10. The van der Waals surface area contributed by atoms with Gasteiger partial charge in [0.05, 0.1) is 27.9 Å². The molecule has 2 aromatic carbocycles. The Kier molecular flexibility index (Phi) is 6.63. The van der Waals surface area contributed by atoms with Crippen LogP contribution in [-0.2, 0) is 9.59 Å². The first kappa shape index (κ1) is 24.7. The first-order valence-corrected chi connectivity index (χ1v) is 11.3. The largest absolute Gasteiger partial charge is 0.497 e. The number of aromatic nitrogens is 2. The predicted octanol–water partition coefficient (Wildman–Crippen LogP) is 4.11. The lowest BCUT2D eigenvalue weighted by Crippen LogP contribution is -2.32. The van der Waals surface area contributed by atoms with Crippen LogP contribution < -0.4 is 4.74 Å². The van der Waals surface area contributed by atoms with Gasteiger partial charge in [-0.05, 0) is 24.3 Å². The van der Waals surface area contributed by atoms with Crippen molar-refractivity contribution in [2.24, 2.45) is 0 Å². The van der Waals surface area contributed by atoms with Gasteiger partial charge >= 0.3 is 5.69 Å². The molecule has 3 aromatic rings. The van der Waals surface area contributed by atoms with E-state index in [1.165, 1.54) is 37.1 Å². The molecule has 1 aliphatic heterocycles. The summed E-state index contributed by atoms with van der Waals surface area (Å²) >= 11 is 6.08. The van der Waals surface area contributed by atoms with E-state index in [1.807, 2.05) is 0 Å². The third-order valence-corrected chi connectivity index (χ3v) is 6.40. The normalized spacial score (nSPS) is 14.4. The molecular weight excluding hydrogens is 510 g/mol. The number of nitro benzene ring substituents is 2. The molecule has 0 N–H and O–H groups in total. The van der Waals surface area contributed by atoms with E-state index in [0.29, 0.717) is 22.6 Å². The summed E-state index contributed by atoms with van der Waals surface area (Å²) in [5.41, 5.74) is 0.309. The number of hydrogen-bond donors (Lipinski definition) is 0.